The molecule has 0 aliphatic rings. The molecule has 2 aromatic carbocycles. The summed E-state index contributed by atoms with van der Waals surface area (Å²) in [6, 6.07) is 10.8. The lowest BCUT2D eigenvalue weighted by Crippen LogP contribution is -2.12. The number of sulfonamides is 1. The number of benzene rings is 2. The molecule has 1 aromatic heterocycles. The van der Waals surface area contributed by atoms with E-state index in [4.69, 9.17) is 21.5 Å². The van der Waals surface area contributed by atoms with Crippen LogP contribution in [-0.2, 0) is 16.6 Å². The molecular weight excluding hydrogens is 388 g/mol. The Morgan fingerprint density at radius 2 is 1.96 bits per heavy atom. The van der Waals surface area contributed by atoms with Gasteiger partial charge in [0.1, 0.15) is 6.61 Å². The largest absolute Gasteiger partial charge is 0.481 e. The second-order valence-electron chi connectivity index (χ2n) is 5.06. The molecule has 10 heteroatoms. The molecule has 0 radical (unpaired) electrons. The number of fused-ring (bicyclic) bond motifs is 1. The Morgan fingerprint density at radius 3 is 2.60 bits per heavy atom. The van der Waals surface area contributed by atoms with Crippen LogP contribution in [0, 0.1) is 10.1 Å². The first-order valence-corrected chi connectivity index (χ1v) is 9.61. The van der Waals surface area contributed by atoms with E-state index in [-0.39, 0.29) is 17.3 Å². The highest BCUT2D eigenvalue weighted by Crippen LogP contribution is 2.37. The topological polar surface area (TPSA) is 113 Å². The third kappa shape index (κ3) is 3.59. The molecule has 0 fully saturated rings. The van der Waals surface area contributed by atoms with Gasteiger partial charge in [0.05, 0.1) is 19.7 Å². The van der Waals surface area contributed by atoms with E-state index in [1.54, 1.807) is 0 Å². The highest BCUT2D eigenvalue weighted by Gasteiger charge is 2.21. The molecule has 0 atom stereocenters. The minimum Gasteiger partial charge on any atom is -0.481 e. The summed E-state index contributed by atoms with van der Waals surface area (Å²) in [5.74, 6) is -0.0640. The minimum absolute atomic E-state index is 0.0216. The van der Waals surface area contributed by atoms with Crippen molar-refractivity contribution in [2.45, 2.75) is 11.5 Å². The Morgan fingerprint density at radius 1 is 1.24 bits per heavy atom. The van der Waals surface area contributed by atoms with Crippen LogP contribution in [0.15, 0.2) is 47.4 Å². The number of thiophene rings is 1. The zero-order valence-electron chi connectivity index (χ0n) is 12.5. The second-order valence-corrected chi connectivity index (χ2v) is 8.13. The third-order valence-corrected chi connectivity index (χ3v) is 6.01. The van der Waals surface area contributed by atoms with Crippen LogP contribution in [0.1, 0.15) is 4.88 Å². The Kier molecular flexibility index (Phi) is 4.65. The molecule has 2 N–H and O–H groups in total. The second kappa shape index (κ2) is 6.60. The standard InChI is InChI=1S/C15H11ClN2O5S2/c16-15-10-3-1-2-4-13(10)24-14(15)8-23-12-6-5-9(25(17,21)22)7-11(12)18(19)20/h1-7H,8H2,(H2,17,21,22). The molecule has 3 rings (SSSR count). The highest BCUT2D eigenvalue weighted by molar-refractivity contribution is 7.89. The van der Waals surface area contributed by atoms with Gasteiger partial charge in [0.2, 0.25) is 10.0 Å². The summed E-state index contributed by atoms with van der Waals surface area (Å²) < 4.78 is 29.2. The SMILES string of the molecule is NS(=O)(=O)c1ccc(OCc2sc3ccccc3c2Cl)c([N+](=O)[O-])c1. The minimum atomic E-state index is -4.05. The predicted molar refractivity (Wildman–Crippen MR) is 95.6 cm³/mol. The first-order chi connectivity index (χ1) is 11.8. The molecule has 7 nitrogen and oxygen atoms in total. The van der Waals surface area contributed by atoms with Crippen LogP contribution in [0.4, 0.5) is 5.69 Å². The van der Waals surface area contributed by atoms with E-state index < -0.39 is 20.6 Å². The average Bonchev–Trinajstić information content (AvgIpc) is 2.88. The number of halogens is 1. The Balaban J connectivity index is 1.92. The van der Waals surface area contributed by atoms with Gasteiger partial charge in [-0.05, 0) is 18.2 Å². The maximum atomic E-state index is 11.3. The van der Waals surface area contributed by atoms with Gasteiger partial charge in [-0.15, -0.1) is 11.3 Å². The van der Waals surface area contributed by atoms with E-state index >= 15 is 0 Å². The summed E-state index contributed by atoms with van der Waals surface area (Å²) in [5, 5.41) is 17.6. The lowest BCUT2D eigenvalue weighted by atomic mass is 10.2. The number of hydrogen-bond donors (Lipinski definition) is 1. The van der Waals surface area contributed by atoms with Crippen molar-refractivity contribution in [2.24, 2.45) is 5.14 Å². The van der Waals surface area contributed by atoms with Crippen LogP contribution in [-0.4, -0.2) is 13.3 Å². The fourth-order valence-corrected chi connectivity index (χ4v) is 4.17. The van der Waals surface area contributed by atoms with Gasteiger partial charge in [-0.25, -0.2) is 13.6 Å². The van der Waals surface area contributed by atoms with E-state index in [0.717, 1.165) is 22.2 Å². The van der Waals surface area contributed by atoms with Crippen molar-refractivity contribution >= 4 is 48.7 Å². The van der Waals surface area contributed by atoms with E-state index in [1.165, 1.54) is 17.4 Å². The highest BCUT2D eigenvalue weighted by atomic mass is 35.5. The van der Waals surface area contributed by atoms with Crippen molar-refractivity contribution in [1.29, 1.82) is 0 Å². The van der Waals surface area contributed by atoms with Crippen LogP contribution in [0.3, 0.4) is 0 Å². The summed E-state index contributed by atoms with van der Waals surface area (Å²) >= 11 is 7.73. The molecule has 0 amide bonds. The van der Waals surface area contributed by atoms with Crippen LogP contribution in [0.2, 0.25) is 5.02 Å². The number of nitro benzene ring substituents is 1. The van der Waals surface area contributed by atoms with Crippen LogP contribution in [0.5, 0.6) is 5.75 Å². The van der Waals surface area contributed by atoms with E-state index in [2.05, 4.69) is 0 Å². The number of nitro groups is 1. The molecule has 0 unspecified atom stereocenters. The van der Waals surface area contributed by atoms with Gasteiger partial charge in [0.15, 0.2) is 5.75 Å². The van der Waals surface area contributed by atoms with E-state index in [1.807, 2.05) is 24.3 Å². The smallest absolute Gasteiger partial charge is 0.312 e. The quantitative estimate of drug-likeness (QED) is 0.520. The van der Waals surface area contributed by atoms with Crippen LogP contribution < -0.4 is 9.88 Å². The molecule has 0 bridgehead atoms. The summed E-state index contributed by atoms with van der Waals surface area (Å²) in [6.07, 6.45) is 0. The van der Waals surface area contributed by atoms with Gasteiger partial charge in [-0.3, -0.25) is 10.1 Å². The van der Waals surface area contributed by atoms with Gasteiger partial charge in [0, 0.05) is 16.2 Å². The number of ether oxygens (including phenoxy) is 1. The molecule has 0 saturated heterocycles. The summed E-state index contributed by atoms with van der Waals surface area (Å²) in [5.41, 5.74) is -0.483. The zero-order valence-corrected chi connectivity index (χ0v) is 14.9. The fraction of sp³-hybridized carbons (Fsp3) is 0.0667. The van der Waals surface area contributed by atoms with Crippen molar-refractivity contribution in [3.8, 4) is 5.75 Å². The number of nitrogens with two attached hydrogens (primary N) is 1. The molecule has 0 aliphatic carbocycles. The van der Waals surface area contributed by atoms with Crippen LogP contribution >= 0.6 is 22.9 Å². The van der Waals surface area contributed by atoms with Gasteiger partial charge in [-0.2, -0.15) is 0 Å². The number of nitrogens with zero attached hydrogens (tertiary/aromatic N) is 1. The average molecular weight is 399 g/mol. The molecule has 0 aliphatic heterocycles. The van der Waals surface area contributed by atoms with Gasteiger partial charge >= 0.3 is 5.69 Å². The number of rotatable bonds is 5. The maximum absolute atomic E-state index is 11.3. The molecular formula is C15H11ClN2O5S2. The summed E-state index contributed by atoms with van der Waals surface area (Å²) in [4.78, 5) is 10.8. The molecule has 0 spiro atoms. The Labute approximate surface area is 151 Å². The lowest BCUT2D eigenvalue weighted by Gasteiger charge is -2.07. The van der Waals surface area contributed by atoms with Crippen molar-refractivity contribution in [3.05, 3.63) is 62.5 Å². The molecule has 1 heterocycles. The predicted octanol–water partition coefficient (Wildman–Crippen LogP) is 3.69. The Hall–Kier alpha value is -2.20. The van der Waals surface area contributed by atoms with Gasteiger partial charge in [0.25, 0.3) is 0 Å². The maximum Gasteiger partial charge on any atom is 0.312 e. The van der Waals surface area contributed by atoms with E-state index in [0.29, 0.717) is 9.90 Å². The summed E-state index contributed by atoms with van der Waals surface area (Å²) in [7, 11) is -4.05. The van der Waals surface area contributed by atoms with Crippen molar-refractivity contribution in [3.63, 3.8) is 0 Å². The zero-order chi connectivity index (χ0) is 18.2. The van der Waals surface area contributed by atoms with Crippen molar-refractivity contribution in [1.82, 2.24) is 0 Å². The van der Waals surface area contributed by atoms with Crippen LogP contribution in [0.25, 0.3) is 10.1 Å². The van der Waals surface area contributed by atoms with Crippen molar-refractivity contribution in [2.75, 3.05) is 0 Å². The lowest BCUT2D eigenvalue weighted by molar-refractivity contribution is -0.386. The Bertz CT molecular complexity index is 1080. The molecule has 130 valence electrons. The number of hydrogen-bond acceptors (Lipinski definition) is 6. The summed E-state index contributed by atoms with van der Waals surface area (Å²) in [6.45, 7) is 0.0216. The fourth-order valence-electron chi connectivity index (χ4n) is 2.24. The first kappa shape index (κ1) is 17.6. The third-order valence-electron chi connectivity index (χ3n) is 3.42. The van der Waals surface area contributed by atoms with E-state index in [9.17, 15) is 18.5 Å². The normalized spacial score (nSPS) is 11.6. The van der Waals surface area contributed by atoms with Crippen molar-refractivity contribution < 1.29 is 18.1 Å². The van der Waals surface area contributed by atoms with Gasteiger partial charge in [-0.1, -0.05) is 29.8 Å². The monoisotopic (exact) mass is 398 g/mol. The van der Waals surface area contributed by atoms with Gasteiger partial charge < -0.3 is 4.74 Å². The first-order valence-electron chi connectivity index (χ1n) is 6.87. The molecule has 3 aromatic rings. The molecule has 0 saturated carbocycles. The number of primary sulfonamides is 1. The molecule has 25 heavy (non-hydrogen) atoms.